The van der Waals surface area contributed by atoms with E-state index in [0.717, 1.165) is 13.3 Å². The SMILES string of the molecule is CO[C@@H](C)c1c(Nc2ccc([C@H](N(C)C(=O)C3CCN(S(C)(=O)=O)CC3)C(F)(F)F)cc2)cnc2nc(Cl)nn12. The van der Waals surface area contributed by atoms with Gasteiger partial charge in [0.15, 0.2) is 6.04 Å². The van der Waals surface area contributed by atoms with Crippen LogP contribution in [0.15, 0.2) is 30.5 Å². The largest absolute Gasteiger partial charge is 0.413 e. The summed E-state index contributed by atoms with van der Waals surface area (Å²) in [6, 6.07) is 3.36. The number of methoxy groups -OCH3 is 1. The van der Waals surface area contributed by atoms with Gasteiger partial charge < -0.3 is 15.0 Å². The maximum atomic E-state index is 14.2. The highest BCUT2D eigenvalue weighted by molar-refractivity contribution is 7.88. The highest BCUT2D eigenvalue weighted by Gasteiger charge is 2.46. The molecule has 4 rings (SSSR count). The summed E-state index contributed by atoms with van der Waals surface area (Å²) in [5, 5.41) is 7.25. The number of hydrogen-bond acceptors (Lipinski definition) is 8. The number of amides is 1. The number of alkyl halides is 3. The highest BCUT2D eigenvalue weighted by Crippen LogP contribution is 2.39. The van der Waals surface area contributed by atoms with Gasteiger partial charge >= 0.3 is 6.18 Å². The number of hydrogen-bond donors (Lipinski definition) is 1. The Hall–Kier alpha value is -3.01. The molecule has 1 fully saturated rings. The van der Waals surface area contributed by atoms with E-state index < -0.39 is 40.2 Å². The number of rotatable bonds is 8. The van der Waals surface area contributed by atoms with Gasteiger partial charge in [0, 0.05) is 38.9 Å². The first kappa shape index (κ1) is 30.0. The van der Waals surface area contributed by atoms with E-state index in [1.165, 1.54) is 46.4 Å². The first-order chi connectivity index (χ1) is 18.7. The van der Waals surface area contributed by atoms with Crippen molar-refractivity contribution in [2.75, 3.05) is 38.8 Å². The predicted octanol–water partition coefficient (Wildman–Crippen LogP) is 3.96. The molecule has 0 bridgehead atoms. The maximum absolute atomic E-state index is 14.2. The molecular formula is C24H29ClF3N7O4S. The van der Waals surface area contributed by atoms with Crippen molar-refractivity contribution in [2.45, 2.75) is 38.1 Å². The maximum Gasteiger partial charge on any atom is 0.413 e. The van der Waals surface area contributed by atoms with Crippen LogP contribution in [0.4, 0.5) is 24.5 Å². The summed E-state index contributed by atoms with van der Waals surface area (Å²) < 4.78 is 74.3. The Balaban J connectivity index is 1.55. The lowest BCUT2D eigenvalue weighted by atomic mass is 9.95. The third-order valence-electron chi connectivity index (χ3n) is 6.94. The molecule has 11 nitrogen and oxygen atoms in total. The smallest absolute Gasteiger partial charge is 0.375 e. The van der Waals surface area contributed by atoms with E-state index in [9.17, 15) is 26.4 Å². The summed E-state index contributed by atoms with van der Waals surface area (Å²) in [6.45, 7) is 1.96. The number of carbonyl (C=O) groups excluding carboxylic acids is 1. The lowest BCUT2D eigenvalue weighted by Crippen LogP contribution is -2.46. The molecule has 3 aromatic rings. The average Bonchev–Trinajstić information content (AvgIpc) is 3.27. The van der Waals surface area contributed by atoms with Crippen molar-refractivity contribution >= 4 is 44.7 Å². The van der Waals surface area contributed by atoms with Gasteiger partial charge in [-0.1, -0.05) is 12.1 Å². The summed E-state index contributed by atoms with van der Waals surface area (Å²) in [4.78, 5) is 22.0. The van der Waals surface area contributed by atoms with E-state index in [1.54, 1.807) is 6.92 Å². The van der Waals surface area contributed by atoms with Crippen molar-refractivity contribution in [3.05, 3.63) is 47.0 Å². The molecule has 218 valence electrons. The molecule has 3 heterocycles. The zero-order valence-corrected chi connectivity index (χ0v) is 23.8. The minimum atomic E-state index is -4.74. The van der Waals surface area contributed by atoms with E-state index >= 15 is 0 Å². The highest BCUT2D eigenvalue weighted by atomic mass is 35.5. The summed E-state index contributed by atoms with van der Waals surface area (Å²) in [5.74, 6) is -1.13. The molecule has 1 aromatic carbocycles. The standard InChI is InChI=1S/C24H29ClF3N7O4S/c1-14(39-3)19-18(13-29-23-31-22(25)32-35(19)23)30-17-7-5-15(6-8-17)20(24(26,27)28)33(2)21(36)16-9-11-34(12-10-16)40(4,37)38/h5-8,13-14,16,20,30H,9-12H2,1-4H3/t14-,20-/m0/s1. The molecule has 1 saturated heterocycles. The first-order valence-electron chi connectivity index (χ1n) is 12.3. The van der Waals surface area contributed by atoms with Crippen molar-refractivity contribution in [3.63, 3.8) is 0 Å². The van der Waals surface area contributed by atoms with Crippen LogP contribution in [0.1, 0.15) is 43.2 Å². The zero-order valence-electron chi connectivity index (χ0n) is 22.2. The van der Waals surface area contributed by atoms with E-state index in [0.29, 0.717) is 22.0 Å². The van der Waals surface area contributed by atoms with Crippen LogP contribution in [0.2, 0.25) is 5.28 Å². The molecule has 2 aromatic heterocycles. The van der Waals surface area contributed by atoms with Crippen molar-refractivity contribution in [3.8, 4) is 0 Å². The van der Waals surface area contributed by atoms with Gasteiger partial charge in [-0.25, -0.2) is 17.7 Å². The second kappa shape index (κ2) is 11.5. The zero-order chi connectivity index (χ0) is 29.4. The third-order valence-corrected chi connectivity index (χ3v) is 8.40. The van der Waals surface area contributed by atoms with E-state index in [4.69, 9.17) is 16.3 Å². The van der Waals surface area contributed by atoms with Gasteiger partial charge in [-0.3, -0.25) is 4.79 Å². The Kier molecular flexibility index (Phi) is 8.59. The summed E-state index contributed by atoms with van der Waals surface area (Å²) >= 11 is 5.93. The first-order valence-corrected chi connectivity index (χ1v) is 14.5. The Bertz CT molecular complexity index is 1480. The lowest BCUT2D eigenvalue weighted by Gasteiger charge is -2.36. The molecule has 1 aliphatic rings. The number of halogens is 4. The lowest BCUT2D eigenvalue weighted by molar-refractivity contribution is -0.191. The van der Waals surface area contributed by atoms with E-state index in [1.807, 2.05) is 0 Å². The van der Waals surface area contributed by atoms with Crippen LogP contribution in [0.25, 0.3) is 5.78 Å². The normalized spacial score (nSPS) is 17.1. The predicted molar refractivity (Wildman–Crippen MR) is 142 cm³/mol. The molecule has 0 saturated carbocycles. The number of nitrogens with one attached hydrogen (secondary N) is 1. The van der Waals surface area contributed by atoms with Crippen LogP contribution in [0.5, 0.6) is 0 Å². The van der Waals surface area contributed by atoms with Crippen molar-refractivity contribution < 1.29 is 31.1 Å². The van der Waals surface area contributed by atoms with Gasteiger partial charge in [-0.05, 0) is 49.1 Å². The molecule has 1 aliphatic heterocycles. The molecule has 40 heavy (non-hydrogen) atoms. The number of piperidine rings is 1. The monoisotopic (exact) mass is 603 g/mol. The number of nitrogens with zero attached hydrogens (tertiary/aromatic N) is 6. The van der Waals surface area contributed by atoms with Gasteiger partial charge in [-0.15, -0.1) is 5.10 Å². The van der Waals surface area contributed by atoms with Gasteiger partial charge in [0.05, 0.1) is 29.9 Å². The number of fused-ring (bicyclic) bond motifs is 1. The molecule has 16 heteroatoms. The van der Waals surface area contributed by atoms with E-state index in [2.05, 4.69) is 20.4 Å². The minimum Gasteiger partial charge on any atom is -0.375 e. The number of aromatic nitrogens is 4. The molecule has 2 atom stereocenters. The van der Waals surface area contributed by atoms with Crippen LogP contribution < -0.4 is 5.32 Å². The number of carbonyl (C=O) groups is 1. The number of ether oxygens (including phenoxy) is 1. The average molecular weight is 604 g/mol. The Morgan fingerprint density at radius 3 is 2.40 bits per heavy atom. The summed E-state index contributed by atoms with van der Waals surface area (Å²) in [5.41, 5.74) is 1.38. The van der Waals surface area contributed by atoms with Crippen molar-refractivity contribution in [1.82, 2.24) is 28.8 Å². The Labute approximate surface area is 234 Å². The Morgan fingerprint density at radius 2 is 1.85 bits per heavy atom. The molecule has 1 amide bonds. The quantitative estimate of drug-likeness (QED) is 0.411. The van der Waals surface area contributed by atoms with Crippen molar-refractivity contribution in [1.29, 1.82) is 0 Å². The molecule has 0 unspecified atom stereocenters. The van der Waals surface area contributed by atoms with Crippen LogP contribution in [-0.2, 0) is 19.6 Å². The topological polar surface area (TPSA) is 122 Å². The fraction of sp³-hybridized carbons (Fsp3) is 0.500. The Morgan fingerprint density at radius 1 is 1.23 bits per heavy atom. The number of sulfonamides is 1. The minimum absolute atomic E-state index is 0.00337. The molecule has 0 aliphatic carbocycles. The molecule has 0 spiro atoms. The van der Waals surface area contributed by atoms with Crippen LogP contribution >= 0.6 is 11.6 Å². The molecular weight excluding hydrogens is 575 g/mol. The van der Waals surface area contributed by atoms with Crippen molar-refractivity contribution in [2.24, 2.45) is 5.92 Å². The third kappa shape index (κ3) is 6.32. The van der Waals surface area contributed by atoms with Crippen LogP contribution in [0.3, 0.4) is 0 Å². The van der Waals surface area contributed by atoms with Gasteiger partial charge in [0.25, 0.3) is 5.78 Å². The van der Waals surface area contributed by atoms with E-state index in [-0.39, 0.29) is 42.6 Å². The van der Waals surface area contributed by atoms with Gasteiger partial charge in [-0.2, -0.15) is 22.7 Å². The van der Waals surface area contributed by atoms with Crippen LogP contribution in [0, 0.1) is 5.92 Å². The second-order valence-corrected chi connectivity index (χ2v) is 11.9. The van der Waals surface area contributed by atoms with Crippen LogP contribution in [-0.4, -0.2) is 82.8 Å². The fourth-order valence-corrected chi connectivity index (χ4v) is 5.84. The fourth-order valence-electron chi connectivity index (χ4n) is 4.81. The summed E-state index contributed by atoms with van der Waals surface area (Å²) in [6.07, 6.45) is -2.32. The van der Waals surface area contributed by atoms with Gasteiger partial charge in [0.2, 0.25) is 21.2 Å². The molecule has 1 N–H and O–H groups in total. The second-order valence-electron chi connectivity index (χ2n) is 9.60. The molecule has 0 radical (unpaired) electrons. The number of benzene rings is 1. The van der Waals surface area contributed by atoms with Gasteiger partial charge in [0.1, 0.15) is 0 Å². The summed E-state index contributed by atoms with van der Waals surface area (Å²) in [7, 11) is -0.791. The number of anilines is 2.